The Morgan fingerprint density at radius 2 is 2.37 bits per heavy atom. The number of carbonyl (C=O) groups is 1. The number of halogens is 2. The molecule has 1 amide bonds. The molecular weight excluding hydrogens is 330 g/mol. The smallest absolute Gasteiger partial charge is 0.255 e. The molecule has 0 aromatic heterocycles. The zero-order valence-electron chi connectivity index (χ0n) is 10.9. The van der Waals surface area contributed by atoms with Gasteiger partial charge in [0.15, 0.2) is 0 Å². The first-order chi connectivity index (χ1) is 9.11. The fourth-order valence-corrected chi connectivity index (χ4v) is 3.04. The zero-order chi connectivity index (χ0) is 13.8. The van der Waals surface area contributed by atoms with Crippen molar-refractivity contribution in [3.63, 3.8) is 0 Å². The molecule has 1 heterocycles. The van der Waals surface area contributed by atoms with Crippen LogP contribution >= 0.6 is 27.5 Å². The Morgan fingerprint density at radius 1 is 1.58 bits per heavy atom. The molecular formula is C14H17BrClNO2. The SMILES string of the molecule is COCC1CCCN(C(=O)c2cc(Cl)ccc2Br)C1. The number of nitrogens with zero attached hydrogens (tertiary/aromatic N) is 1. The van der Waals surface area contributed by atoms with Crippen LogP contribution in [0.1, 0.15) is 23.2 Å². The molecule has 1 aromatic carbocycles. The second-order valence-corrected chi connectivity index (χ2v) is 6.13. The van der Waals surface area contributed by atoms with Gasteiger partial charge in [-0.15, -0.1) is 0 Å². The first-order valence-corrected chi connectivity index (χ1v) is 7.52. The quantitative estimate of drug-likeness (QED) is 0.837. The molecule has 5 heteroatoms. The lowest BCUT2D eigenvalue weighted by Crippen LogP contribution is -2.41. The van der Waals surface area contributed by atoms with Crippen LogP contribution in [0.15, 0.2) is 22.7 Å². The molecule has 0 spiro atoms. The Bertz CT molecular complexity index is 465. The summed E-state index contributed by atoms with van der Waals surface area (Å²) in [4.78, 5) is 14.4. The van der Waals surface area contributed by atoms with E-state index in [-0.39, 0.29) is 5.91 Å². The summed E-state index contributed by atoms with van der Waals surface area (Å²) in [5.74, 6) is 0.468. The molecule has 0 aliphatic carbocycles. The van der Waals surface area contributed by atoms with Crippen molar-refractivity contribution in [3.8, 4) is 0 Å². The van der Waals surface area contributed by atoms with E-state index in [1.165, 1.54) is 0 Å². The summed E-state index contributed by atoms with van der Waals surface area (Å²) in [7, 11) is 1.70. The molecule has 1 saturated heterocycles. The number of likely N-dealkylation sites (tertiary alicyclic amines) is 1. The number of rotatable bonds is 3. The van der Waals surface area contributed by atoms with Gasteiger partial charge in [0.2, 0.25) is 0 Å². The maximum Gasteiger partial charge on any atom is 0.255 e. The maximum absolute atomic E-state index is 12.5. The van der Waals surface area contributed by atoms with Crippen LogP contribution in [0.2, 0.25) is 5.02 Å². The molecule has 104 valence electrons. The van der Waals surface area contributed by atoms with E-state index in [1.54, 1.807) is 19.2 Å². The second kappa shape index (κ2) is 6.73. The molecule has 19 heavy (non-hydrogen) atoms. The fourth-order valence-electron chi connectivity index (χ4n) is 2.45. The van der Waals surface area contributed by atoms with Gasteiger partial charge < -0.3 is 9.64 Å². The van der Waals surface area contributed by atoms with Crippen molar-refractivity contribution in [3.05, 3.63) is 33.3 Å². The highest BCUT2D eigenvalue weighted by Gasteiger charge is 2.25. The third kappa shape index (κ3) is 3.71. The molecule has 2 rings (SSSR count). The van der Waals surface area contributed by atoms with Crippen molar-refractivity contribution in [1.29, 1.82) is 0 Å². The van der Waals surface area contributed by atoms with E-state index in [9.17, 15) is 4.79 Å². The van der Waals surface area contributed by atoms with E-state index in [4.69, 9.17) is 16.3 Å². The molecule has 1 aliphatic heterocycles. The van der Waals surface area contributed by atoms with Crippen molar-refractivity contribution in [2.45, 2.75) is 12.8 Å². The van der Waals surface area contributed by atoms with E-state index in [1.807, 2.05) is 11.0 Å². The molecule has 3 nitrogen and oxygen atoms in total. The minimum atomic E-state index is 0.0372. The van der Waals surface area contributed by atoms with Crippen molar-refractivity contribution in [2.24, 2.45) is 5.92 Å². The van der Waals surface area contributed by atoms with E-state index in [0.29, 0.717) is 23.1 Å². The van der Waals surface area contributed by atoms with Crippen LogP contribution in [-0.2, 0) is 4.74 Å². The van der Waals surface area contributed by atoms with E-state index >= 15 is 0 Å². The minimum Gasteiger partial charge on any atom is -0.384 e. The Hall–Kier alpha value is -0.580. The first-order valence-electron chi connectivity index (χ1n) is 6.35. The number of piperidine rings is 1. The number of amides is 1. The Kier molecular flexibility index (Phi) is 5.25. The summed E-state index contributed by atoms with van der Waals surface area (Å²) in [6.07, 6.45) is 2.15. The summed E-state index contributed by atoms with van der Waals surface area (Å²) in [5, 5.41) is 0.581. The second-order valence-electron chi connectivity index (χ2n) is 4.84. The van der Waals surface area contributed by atoms with Gasteiger partial charge >= 0.3 is 0 Å². The average Bonchev–Trinajstić information content (AvgIpc) is 2.41. The highest BCUT2D eigenvalue weighted by Crippen LogP contribution is 2.25. The number of hydrogen-bond donors (Lipinski definition) is 0. The van der Waals surface area contributed by atoms with Gasteiger partial charge in [0.05, 0.1) is 12.2 Å². The van der Waals surface area contributed by atoms with Gasteiger partial charge in [0.25, 0.3) is 5.91 Å². The van der Waals surface area contributed by atoms with Crippen LogP contribution in [0, 0.1) is 5.92 Å². The largest absolute Gasteiger partial charge is 0.384 e. The zero-order valence-corrected chi connectivity index (χ0v) is 13.2. The summed E-state index contributed by atoms with van der Waals surface area (Å²) in [6, 6.07) is 5.30. The van der Waals surface area contributed by atoms with Gasteiger partial charge in [0, 0.05) is 29.7 Å². The van der Waals surface area contributed by atoms with Gasteiger partial charge in [-0.25, -0.2) is 0 Å². The van der Waals surface area contributed by atoms with Crippen LogP contribution < -0.4 is 0 Å². The Balaban J connectivity index is 2.12. The fraction of sp³-hybridized carbons (Fsp3) is 0.500. The molecule has 0 radical (unpaired) electrons. The number of ether oxygens (including phenoxy) is 1. The number of hydrogen-bond acceptors (Lipinski definition) is 2. The van der Waals surface area contributed by atoms with Gasteiger partial charge in [-0.05, 0) is 52.9 Å². The van der Waals surface area contributed by atoms with Crippen LogP contribution in [0.4, 0.5) is 0 Å². The van der Waals surface area contributed by atoms with Gasteiger partial charge in [0.1, 0.15) is 0 Å². The van der Waals surface area contributed by atoms with E-state index in [2.05, 4.69) is 15.9 Å². The molecule has 0 N–H and O–H groups in total. The highest BCUT2D eigenvalue weighted by atomic mass is 79.9. The number of benzene rings is 1. The van der Waals surface area contributed by atoms with Gasteiger partial charge in [-0.3, -0.25) is 4.79 Å². The highest BCUT2D eigenvalue weighted by molar-refractivity contribution is 9.10. The van der Waals surface area contributed by atoms with Crippen LogP contribution in [0.25, 0.3) is 0 Å². The predicted octanol–water partition coefficient (Wildman–Crippen LogP) is 3.60. The number of methoxy groups -OCH3 is 1. The Morgan fingerprint density at radius 3 is 3.11 bits per heavy atom. The minimum absolute atomic E-state index is 0.0372. The molecule has 1 atom stereocenters. The van der Waals surface area contributed by atoms with Gasteiger partial charge in [-0.2, -0.15) is 0 Å². The summed E-state index contributed by atoms with van der Waals surface area (Å²) < 4.78 is 5.98. The van der Waals surface area contributed by atoms with Crippen molar-refractivity contribution in [2.75, 3.05) is 26.8 Å². The molecule has 1 aliphatic rings. The number of carbonyl (C=O) groups excluding carboxylic acids is 1. The van der Waals surface area contributed by atoms with Gasteiger partial charge in [-0.1, -0.05) is 11.6 Å². The molecule has 0 saturated carbocycles. The molecule has 1 unspecified atom stereocenters. The lowest BCUT2D eigenvalue weighted by Gasteiger charge is -2.32. The van der Waals surface area contributed by atoms with E-state index < -0.39 is 0 Å². The monoisotopic (exact) mass is 345 g/mol. The summed E-state index contributed by atoms with van der Waals surface area (Å²) in [5.41, 5.74) is 0.630. The lowest BCUT2D eigenvalue weighted by atomic mass is 9.98. The molecule has 1 aromatic rings. The summed E-state index contributed by atoms with van der Waals surface area (Å²) in [6.45, 7) is 2.27. The summed E-state index contributed by atoms with van der Waals surface area (Å²) >= 11 is 9.38. The molecule has 0 bridgehead atoms. The normalized spacial score (nSPS) is 19.5. The van der Waals surface area contributed by atoms with Crippen molar-refractivity contribution >= 4 is 33.4 Å². The van der Waals surface area contributed by atoms with Crippen molar-refractivity contribution < 1.29 is 9.53 Å². The third-order valence-electron chi connectivity index (χ3n) is 3.37. The lowest BCUT2D eigenvalue weighted by molar-refractivity contribution is 0.0570. The topological polar surface area (TPSA) is 29.5 Å². The Labute approximate surface area is 127 Å². The van der Waals surface area contributed by atoms with Crippen molar-refractivity contribution in [1.82, 2.24) is 4.90 Å². The van der Waals surface area contributed by atoms with Crippen LogP contribution in [-0.4, -0.2) is 37.6 Å². The average molecular weight is 347 g/mol. The van der Waals surface area contributed by atoms with Crippen LogP contribution in [0.3, 0.4) is 0 Å². The van der Waals surface area contributed by atoms with Crippen LogP contribution in [0.5, 0.6) is 0 Å². The predicted molar refractivity (Wildman–Crippen MR) is 79.7 cm³/mol. The standard InChI is InChI=1S/C14H17BrClNO2/c1-19-9-10-3-2-6-17(8-10)14(18)12-7-11(16)4-5-13(12)15/h4-5,7,10H,2-3,6,8-9H2,1H3. The van der Waals surface area contributed by atoms with E-state index in [0.717, 1.165) is 30.4 Å². The third-order valence-corrected chi connectivity index (χ3v) is 4.29. The maximum atomic E-state index is 12.5. The first kappa shape index (κ1) is 14.8. The molecule has 1 fully saturated rings.